The van der Waals surface area contributed by atoms with Crippen LogP contribution in [0.2, 0.25) is 0 Å². The lowest BCUT2D eigenvalue weighted by Crippen LogP contribution is -2.34. The van der Waals surface area contributed by atoms with Gasteiger partial charge in [-0.15, -0.1) is 11.3 Å². The molecular formula is C14H24N2OS. The summed E-state index contributed by atoms with van der Waals surface area (Å²) in [6.45, 7) is 8.09. The van der Waals surface area contributed by atoms with Crippen molar-refractivity contribution in [2.45, 2.75) is 39.7 Å². The van der Waals surface area contributed by atoms with Crippen LogP contribution in [-0.4, -0.2) is 34.7 Å². The summed E-state index contributed by atoms with van der Waals surface area (Å²) in [6, 6.07) is 0. The maximum Gasteiger partial charge on any atom is 0.0930 e. The van der Waals surface area contributed by atoms with Gasteiger partial charge in [-0.05, 0) is 37.8 Å². The third-order valence-corrected chi connectivity index (χ3v) is 4.53. The number of hydrogen-bond donors (Lipinski definition) is 1. The molecule has 1 aliphatic heterocycles. The van der Waals surface area contributed by atoms with Crippen LogP contribution in [0, 0.1) is 11.8 Å². The zero-order chi connectivity index (χ0) is 13.0. The molecule has 0 spiro atoms. The summed E-state index contributed by atoms with van der Waals surface area (Å²) in [6.07, 6.45) is 5.40. The Kier molecular flexibility index (Phi) is 5.15. The summed E-state index contributed by atoms with van der Waals surface area (Å²) in [4.78, 5) is 8.37. The SMILES string of the molecule is CC(C)Cc1ncc(CN2CCC(CO)CC2)s1. The monoisotopic (exact) mass is 268 g/mol. The van der Waals surface area contributed by atoms with Crippen LogP contribution in [0.5, 0.6) is 0 Å². The van der Waals surface area contributed by atoms with Crippen LogP contribution in [0.15, 0.2) is 6.20 Å². The summed E-state index contributed by atoms with van der Waals surface area (Å²) in [5.41, 5.74) is 0. The normalized spacial score (nSPS) is 18.7. The molecule has 3 nitrogen and oxygen atoms in total. The molecule has 0 aliphatic carbocycles. The summed E-state index contributed by atoms with van der Waals surface area (Å²) in [5.74, 6) is 1.21. The van der Waals surface area contributed by atoms with Gasteiger partial charge in [0.25, 0.3) is 0 Å². The molecule has 0 radical (unpaired) electrons. The molecule has 1 N–H and O–H groups in total. The highest BCUT2D eigenvalue weighted by Gasteiger charge is 2.19. The van der Waals surface area contributed by atoms with E-state index in [1.807, 2.05) is 17.5 Å². The molecule has 1 saturated heterocycles. The van der Waals surface area contributed by atoms with E-state index < -0.39 is 0 Å². The molecular weight excluding hydrogens is 244 g/mol. The van der Waals surface area contributed by atoms with E-state index in [0.717, 1.165) is 38.9 Å². The van der Waals surface area contributed by atoms with Crippen LogP contribution in [0.25, 0.3) is 0 Å². The fraction of sp³-hybridized carbons (Fsp3) is 0.786. The van der Waals surface area contributed by atoms with Crippen molar-refractivity contribution >= 4 is 11.3 Å². The standard InChI is InChI=1S/C14H24N2OS/c1-11(2)7-14-15-8-13(18-14)9-16-5-3-12(10-17)4-6-16/h8,11-12,17H,3-7,9-10H2,1-2H3. The molecule has 18 heavy (non-hydrogen) atoms. The maximum atomic E-state index is 9.13. The van der Waals surface area contributed by atoms with E-state index in [0.29, 0.717) is 18.4 Å². The van der Waals surface area contributed by atoms with E-state index in [2.05, 4.69) is 23.7 Å². The van der Waals surface area contributed by atoms with Crippen molar-refractivity contribution in [1.29, 1.82) is 0 Å². The Morgan fingerprint density at radius 1 is 1.44 bits per heavy atom. The average Bonchev–Trinajstić information content (AvgIpc) is 2.76. The number of rotatable bonds is 5. The van der Waals surface area contributed by atoms with E-state index in [1.54, 1.807) is 0 Å². The number of aromatic nitrogens is 1. The van der Waals surface area contributed by atoms with Crippen LogP contribution in [-0.2, 0) is 13.0 Å². The predicted molar refractivity (Wildman–Crippen MR) is 75.7 cm³/mol. The van der Waals surface area contributed by atoms with Gasteiger partial charge >= 0.3 is 0 Å². The van der Waals surface area contributed by atoms with Crippen molar-refractivity contribution in [3.05, 3.63) is 16.1 Å². The smallest absolute Gasteiger partial charge is 0.0930 e. The minimum Gasteiger partial charge on any atom is -0.396 e. The van der Waals surface area contributed by atoms with Gasteiger partial charge in [-0.3, -0.25) is 4.90 Å². The highest BCUT2D eigenvalue weighted by Crippen LogP contribution is 2.22. The minimum absolute atomic E-state index is 0.354. The van der Waals surface area contributed by atoms with Crippen molar-refractivity contribution in [2.75, 3.05) is 19.7 Å². The number of aliphatic hydroxyl groups excluding tert-OH is 1. The van der Waals surface area contributed by atoms with Crippen molar-refractivity contribution < 1.29 is 5.11 Å². The number of piperidine rings is 1. The second kappa shape index (κ2) is 6.64. The Bertz CT molecular complexity index is 356. The molecule has 1 fully saturated rings. The Morgan fingerprint density at radius 2 is 2.17 bits per heavy atom. The molecule has 1 aromatic rings. The highest BCUT2D eigenvalue weighted by atomic mass is 32.1. The number of hydrogen-bond acceptors (Lipinski definition) is 4. The van der Waals surface area contributed by atoms with E-state index in [9.17, 15) is 0 Å². The highest BCUT2D eigenvalue weighted by molar-refractivity contribution is 7.11. The van der Waals surface area contributed by atoms with Crippen LogP contribution >= 0.6 is 11.3 Å². The molecule has 0 saturated carbocycles. The fourth-order valence-electron chi connectivity index (χ4n) is 2.41. The van der Waals surface area contributed by atoms with E-state index >= 15 is 0 Å². The number of thiazole rings is 1. The molecule has 0 atom stereocenters. The second-order valence-corrected chi connectivity index (χ2v) is 6.92. The van der Waals surface area contributed by atoms with E-state index in [1.165, 1.54) is 9.88 Å². The Hall–Kier alpha value is -0.450. The van der Waals surface area contributed by atoms with Crippen LogP contribution in [0.1, 0.15) is 36.6 Å². The fourth-order valence-corrected chi connectivity index (χ4v) is 3.59. The first-order chi connectivity index (χ1) is 8.67. The van der Waals surface area contributed by atoms with Gasteiger partial charge in [0, 0.05) is 30.6 Å². The van der Waals surface area contributed by atoms with Crippen molar-refractivity contribution in [1.82, 2.24) is 9.88 Å². The van der Waals surface area contributed by atoms with E-state index in [4.69, 9.17) is 5.11 Å². The number of aliphatic hydroxyl groups is 1. The average molecular weight is 268 g/mol. The lowest BCUT2D eigenvalue weighted by molar-refractivity contribution is 0.128. The lowest BCUT2D eigenvalue weighted by Gasteiger charge is -2.30. The van der Waals surface area contributed by atoms with Gasteiger partial charge in [-0.2, -0.15) is 0 Å². The largest absolute Gasteiger partial charge is 0.396 e. The maximum absolute atomic E-state index is 9.13. The van der Waals surface area contributed by atoms with Crippen molar-refractivity contribution in [3.8, 4) is 0 Å². The summed E-state index contributed by atoms with van der Waals surface area (Å²) in [5, 5.41) is 10.4. The van der Waals surface area contributed by atoms with Gasteiger partial charge in [-0.1, -0.05) is 13.8 Å². The second-order valence-electron chi connectivity index (χ2n) is 5.72. The molecule has 0 bridgehead atoms. The van der Waals surface area contributed by atoms with Crippen LogP contribution < -0.4 is 0 Å². The molecule has 4 heteroatoms. The van der Waals surface area contributed by atoms with Gasteiger partial charge in [-0.25, -0.2) is 4.98 Å². The third-order valence-electron chi connectivity index (χ3n) is 3.53. The third kappa shape index (κ3) is 4.04. The first-order valence-corrected chi connectivity index (χ1v) is 7.75. The van der Waals surface area contributed by atoms with Crippen LogP contribution in [0.4, 0.5) is 0 Å². The molecule has 2 heterocycles. The molecule has 1 aromatic heterocycles. The molecule has 102 valence electrons. The van der Waals surface area contributed by atoms with Gasteiger partial charge in [0.2, 0.25) is 0 Å². The Balaban J connectivity index is 1.81. The van der Waals surface area contributed by atoms with Crippen molar-refractivity contribution in [2.24, 2.45) is 11.8 Å². The summed E-state index contributed by atoms with van der Waals surface area (Å²) in [7, 11) is 0. The zero-order valence-electron chi connectivity index (χ0n) is 11.4. The first kappa shape index (κ1) is 14.0. The van der Waals surface area contributed by atoms with Gasteiger partial charge < -0.3 is 5.11 Å². The number of likely N-dealkylation sites (tertiary alicyclic amines) is 1. The zero-order valence-corrected chi connectivity index (χ0v) is 12.2. The quantitative estimate of drug-likeness (QED) is 0.891. The minimum atomic E-state index is 0.354. The predicted octanol–water partition coefficient (Wildman–Crippen LogP) is 2.55. The molecule has 2 rings (SSSR count). The molecule has 0 unspecified atom stereocenters. The summed E-state index contributed by atoms with van der Waals surface area (Å²) >= 11 is 1.86. The summed E-state index contributed by atoms with van der Waals surface area (Å²) < 4.78 is 0. The lowest BCUT2D eigenvalue weighted by atomic mass is 9.98. The Labute approximate surface area is 114 Å². The Morgan fingerprint density at radius 3 is 2.78 bits per heavy atom. The molecule has 0 amide bonds. The van der Waals surface area contributed by atoms with Crippen LogP contribution in [0.3, 0.4) is 0 Å². The van der Waals surface area contributed by atoms with E-state index in [-0.39, 0.29) is 0 Å². The first-order valence-electron chi connectivity index (χ1n) is 6.94. The number of nitrogens with zero attached hydrogens (tertiary/aromatic N) is 2. The van der Waals surface area contributed by atoms with Crippen molar-refractivity contribution in [3.63, 3.8) is 0 Å². The van der Waals surface area contributed by atoms with Gasteiger partial charge in [0.15, 0.2) is 0 Å². The molecule has 0 aromatic carbocycles. The topological polar surface area (TPSA) is 36.4 Å². The van der Waals surface area contributed by atoms with Gasteiger partial charge in [0.05, 0.1) is 5.01 Å². The molecule has 1 aliphatic rings. The van der Waals surface area contributed by atoms with Gasteiger partial charge in [0.1, 0.15) is 0 Å².